The Labute approximate surface area is 98.4 Å². The molecule has 1 aromatic rings. The van der Waals surface area contributed by atoms with E-state index in [1.807, 2.05) is 17.0 Å². The van der Waals surface area contributed by atoms with Gasteiger partial charge in [-0.3, -0.25) is 4.79 Å². The highest BCUT2D eigenvalue weighted by atomic mass is 79.9. The van der Waals surface area contributed by atoms with Gasteiger partial charge in [0.1, 0.15) is 0 Å². The largest absolute Gasteiger partial charge is 0.310 e. The molecule has 1 aromatic carbocycles. The van der Waals surface area contributed by atoms with E-state index in [1.165, 1.54) is 5.56 Å². The van der Waals surface area contributed by atoms with Crippen molar-refractivity contribution in [2.45, 2.75) is 32.7 Å². The lowest BCUT2D eigenvalue weighted by Crippen LogP contribution is -2.40. The SMILES string of the molecule is CC(=O)N1c2ccc(Br)cc2CC[C@H]1C. The number of rotatable bonds is 0. The third-order valence-electron chi connectivity index (χ3n) is 2.91. The molecule has 0 N–H and O–H groups in total. The topological polar surface area (TPSA) is 20.3 Å². The highest BCUT2D eigenvalue weighted by molar-refractivity contribution is 9.10. The first-order valence-electron chi connectivity index (χ1n) is 5.18. The van der Waals surface area contributed by atoms with Gasteiger partial charge in [0, 0.05) is 23.1 Å². The Morgan fingerprint density at radius 3 is 2.93 bits per heavy atom. The van der Waals surface area contributed by atoms with Crippen molar-refractivity contribution in [1.29, 1.82) is 0 Å². The second kappa shape index (κ2) is 3.97. The Hall–Kier alpha value is -0.830. The minimum Gasteiger partial charge on any atom is -0.310 e. The van der Waals surface area contributed by atoms with Gasteiger partial charge in [0.25, 0.3) is 0 Å². The molecule has 0 aliphatic carbocycles. The zero-order valence-electron chi connectivity index (χ0n) is 8.96. The van der Waals surface area contributed by atoms with Crippen LogP contribution < -0.4 is 4.90 Å². The van der Waals surface area contributed by atoms with E-state index in [0.717, 1.165) is 23.0 Å². The van der Waals surface area contributed by atoms with Gasteiger partial charge in [0.05, 0.1) is 0 Å². The molecule has 3 heteroatoms. The summed E-state index contributed by atoms with van der Waals surface area (Å²) >= 11 is 3.46. The van der Waals surface area contributed by atoms with E-state index in [0.29, 0.717) is 6.04 Å². The normalized spacial score (nSPS) is 19.9. The zero-order valence-corrected chi connectivity index (χ0v) is 10.5. The molecule has 0 aromatic heterocycles. The summed E-state index contributed by atoms with van der Waals surface area (Å²) in [6.45, 7) is 3.74. The van der Waals surface area contributed by atoms with E-state index in [2.05, 4.69) is 28.9 Å². The number of amides is 1. The number of carbonyl (C=O) groups is 1. The van der Waals surface area contributed by atoms with Crippen molar-refractivity contribution in [2.75, 3.05) is 4.90 Å². The molecule has 0 saturated heterocycles. The molecule has 15 heavy (non-hydrogen) atoms. The van der Waals surface area contributed by atoms with Crippen LogP contribution >= 0.6 is 15.9 Å². The fourth-order valence-corrected chi connectivity index (χ4v) is 2.61. The molecule has 1 aliphatic heterocycles. The number of benzene rings is 1. The lowest BCUT2D eigenvalue weighted by molar-refractivity contribution is -0.117. The first-order chi connectivity index (χ1) is 7.09. The Morgan fingerprint density at radius 1 is 1.53 bits per heavy atom. The first-order valence-corrected chi connectivity index (χ1v) is 5.97. The fraction of sp³-hybridized carbons (Fsp3) is 0.417. The summed E-state index contributed by atoms with van der Waals surface area (Å²) in [5.74, 6) is 0.130. The quantitative estimate of drug-likeness (QED) is 0.707. The van der Waals surface area contributed by atoms with Crippen molar-refractivity contribution in [2.24, 2.45) is 0 Å². The van der Waals surface area contributed by atoms with Crippen molar-refractivity contribution < 1.29 is 4.79 Å². The predicted molar refractivity (Wildman–Crippen MR) is 65.1 cm³/mol. The number of fused-ring (bicyclic) bond motifs is 1. The summed E-state index contributed by atoms with van der Waals surface area (Å²) in [6.07, 6.45) is 2.10. The second-order valence-corrected chi connectivity index (χ2v) is 4.97. The molecule has 0 saturated carbocycles. The van der Waals surface area contributed by atoms with E-state index in [9.17, 15) is 4.79 Å². The number of halogens is 1. The van der Waals surface area contributed by atoms with Crippen molar-refractivity contribution in [3.63, 3.8) is 0 Å². The minimum absolute atomic E-state index is 0.130. The number of hydrogen-bond acceptors (Lipinski definition) is 1. The standard InChI is InChI=1S/C12H14BrNO/c1-8-3-4-10-7-11(13)5-6-12(10)14(8)9(2)15/h5-8H,3-4H2,1-2H3/t8-/m1/s1. The molecule has 1 atom stereocenters. The molecular formula is C12H14BrNO. The van der Waals surface area contributed by atoms with Gasteiger partial charge in [-0.25, -0.2) is 0 Å². The van der Waals surface area contributed by atoms with Gasteiger partial charge < -0.3 is 4.90 Å². The van der Waals surface area contributed by atoms with Gasteiger partial charge in [-0.1, -0.05) is 15.9 Å². The summed E-state index contributed by atoms with van der Waals surface area (Å²) in [6, 6.07) is 6.44. The van der Waals surface area contributed by atoms with Crippen molar-refractivity contribution >= 4 is 27.5 Å². The van der Waals surface area contributed by atoms with Crippen LogP contribution in [-0.4, -0.2) is 11.9 Å². The maximum atomic E-state index is 11.6. The highest BCUT2D eigenvalue weighted by Gasteiger charge is 2.25. The average molecular weight is 268 g/mol. The van der Waals surface area contributed by atoms with E-state index < -0.39 is 0 Å². The monoisotopic (exact) mass is 267 g/mol. The third-order valence-corrected chi connectivity index (χ3v) is 3.41. The van der Waals surface area contributed by atoms with Crippen LogP contribution in [-0.2, 0) is 11.2 Å². The minimum atomic E-state index is 0.130. The smallest absolute Gasteiger partial charge is 0.224 e. The number of nitrogens with zero attached hydrogens (tertiary/aromatic N) is 1. The molecule has 0 bridgehead atoms. The van der Waals surface area contributed by atoms with Gasteiger partial charge in [-0.15, -0.1) is 0 Å². The Balaban J connectivity index is 2.48. The Bertz CT molecular complexity index is 403. The molecule has 2 rings (SSSR count). The number of hydrogen-bond donors (Lipinski definition) is 0. The Morgan fingerprint density at radius 2 is 2.27 bits per heavy atom. The third kappa shape index (κ3) is 1.93. The molecule has 2 nitrogen and oxygen atoms in total. The van der Waals surface area contributed by atoms with Crippen LogP contribution in [0.4, 0.5) is 5.69 Å². The summed E-state index contributed by atoms with van der Waals surface area (Å²) in [7, 11) is 0. The van der Waals surface area contributed by atoms with Gasteiger partial charge >= 0.3 is 0 Å². The summed E-state index contributed by atoms with van der Waals surface area (Å²) in [4.78, 5) is 13.5. The molecule has 1 amide bonds. The summed E-state index contributed by atoms with van der Waals surface area (Å²) < 4.78 is 1.08. The molecule has 1 aliphatic rings. The van der Waals surface area contributed by atoms with Gasteiger partial charge in [0.2, 0.25) is 5.91 Å². The molecule has 80 valence electrons. The molecule has 0 spiro atoms. The van der Waals surface area contributed by atoms with Crippen LogP contribution in [0.25, 0.3) is 0 Å². The van der Waals surface area contributed by atoms with Crippen molar-refractivity contribution in [1.82, 2.24) is 0 Å². The van der Waals surface area contributed by atoms with E-state index >= 15 is 0 Å². The number of anilines is 1. The van der Waals surface area contributed by atoms with Crippen LogP contribution in [0.3, 0.4) is 0 Å². The highest BCUT2D eigenvalue weighted by Crippen LogP contribution is 2.32. The van der Waals surface area contributed by atoms with Gasteiger partial charge in [0.15, 0.2) is 0 Å². The van der Waals surface area contributed by atoms with E-state index in [1.54, 1.807) is 6.92 Å². The number of aryl methyl sites for hydroxylation is 1. The fourth-order valence-electron chi connectivity index (χ4n) is 2.20. The van der Waals surface area contributed by atoms with Crippen LogP contribution in [0.5, 0.6) is 0 Å². The second-order valence-electron chi connectivity index (χ2n) is 4.05. The van der Waals surface area contributed by atoms with Crippen LogP contribution in [0.15, 0.2) is 22.7 Å². The molecule has 0 fully saturated rings. The number of carbonyl (C=O) groups excluding carboxylic acids is 1. The maximum Gasteiger partial charge on any atom is 0.224 e. The summed E-state index contributed by atoms with van der Waals surface area (Å²) in [5.41, 5.74) is 2.34. The lowest BCUT2D eigenvalue weighted by atomic mass is 9.97. The van der Waals surface area contributed by atoms with E-state index in [4.69, 9.17) is 0 Å². The first kappa shape index (κ1) is 10.7. The molecule has 0 unspecified atom stereocenters. The maximum absolute atomic E-state index is 11.6. The van der Waals surface area contributed by atoms with Crippen LogP contribution in [0.2, 0.25) is 0 Å². The van der Waals surface area contributed by atoms with Crippen molar-refractivity contribution in [3.05, 3.63) is 28.2 Å². The molecule has 1 heterocycles. The van der Waals surface area contributed by atoms with E-state index in [-0.39, 0.29) is 5.91 Å². The zero-order chi connectivity index (χ0) is 11.0. The molecular weight excluding hydrogens is 254 g/mol. The van der Waals surface area contributed by atoms with Crippen LogP contribution in [0.1, 0.15) is 25.8 Å². The predicted octanol–water partition coefficient (Wildman–Crippen LogP) is 3.14. The average Bonchev–Trinajstić information content (AvgIpc) is 2.17. The van der Waals surface area contributed by atoms with Crippen molar-refractivity contribution in [3.8, 4) is 0 Å². The van der Waals surface area contributed by atoms with Crippen LogP contribution in [0, 0.1) is 0 Å². The summed E-state index contributed by atoms with van der Waals surface area (Å²) in [5, 5.41) is 0. The lowest BCUT2D eigenvalue weighted by Gasteiger charge is -2.34. The Kier molecular flexibility index (Phi) is 2.83. The van der Waals surface area contributed by atoms with Gasteiger partial charge in [-0.05, 0) is 43.5 Å². The van der Waals surface area contributed by atoms with Gasteiger partial charge in [-0.2, -0.15) is 0 Å². The molecule has 0 radical (unpaired) electrons.